The monoisotopic (exact) mass is 354 g/mol. The smallest absolute Gasteiger partial charge is 0.145 e. The van der Waals surface area contributed by atoms with E-state index in [0.29, 0.717) is 12.2 Å². The van der Waals surface area contributed by atoms with Crippen LogP contribution in [0.4, 0.5) is 5.82 Å². The number of rotatable bonds is 6. The normalized spacial score (nSPS) is 23.4. The van der Waals surface area contributed by atoms with Gasteiger partial charge < -0.3 is 14.4 Å². The summed E-state index contributed by atoms with van der Waals surface area (Å²) >= 11 is 0. The van der Waals surface area contributed by atoms with Gasteiger partial charge >= 0.3 is 0 Å². The lowest BCUT2D eigenvalue weighted by Gasteiger charge is -2.39. The zero-order chi connectivity index (χ0) is 18.1. The van der Waals surface area contributed by atoms with E-state index in [-0.39, 0.29) is 0 Å². The Bertz CT molecular complexity index is 772. The van der Waals surface area contributed by atoms with Crippen molar-refractivity contribution in [3.8, 4) is 5.75 Å². The number of fused-ring (bicyclic) bond motifs is 1. The van der Waals surface area contributed by atoms with Gasteiger partial charge in [-0.15, -0.1) is 0 Å². The second kappa shape index (κ2) is 7.43. The molecule has 0 unspecified atom stereocenters. The number of anilines is 1. The van der Waals surface area contributed by atoms with Crippen LogP contribution < -0.4 is 9.64 Å². The van der Waals surface area contributed by atoms with Crippen molar-refractivity contribution in [2.45, 2.75) is 58.2 Å². The molecule has 0 N–H and O–H groups in total. The van der Waals surface area contributed by atoms with Gasteiger partial charge in [-0.05, 0) is 49.8 Å². The first-order valence-electron chi connectivity index (χ1n) is 10.0. The molecule has 1 aromatic carbocycles. The number of hydrogen-bond acceptors (Lipinski definition) is 4. The summed E-state index contributed by atoms with van der Waals surface area (Å²) in [6.45, 7) is 6.32. The number of nitrogens with zero attached hydrogens (tertiary/aromatic N) is 2. The Labute approximate surface area is 156 Å². The number of para-hydroxylation sites is 1. The van der Waals surface area contributed by atoms with Gasteiger partial charge in [0.1, 0.15) is 17.1 Å². The summed E-state index contributed by atoms with van der Waals surface area (Å²) in [5, 5.41) is 1.17. The number of benzene rings is 1. The first kappa shape index (κ1) is 17.6. The van der Waals surface area contributed by atoms with Crippen LogP contribution in [0, 0.1) is 12.8 Å². The van der Waals surface area contributed by atoms with E-state index < -0.39 is 0 Å². The molecule has 4 heteroatoms. The molecule has 2 heterocycles. The highest BCUT2D eigenvalue weighted by molar-refractivity contribution is 5.88. The van der Waals surface area contributed by atoms with Crippen molar-refractivity contribution >= 4 is 16.7 Å². The highest BCUT2D eigenvalue weighted by Gasteiger charge is 2.38. The zero-order valence-electron chi connectivity index (χ0n) is 16.2. The SMILES string of the molecule is CCCC[C@@H]1CN(c2cc(C)c3cccc(OC)c3n2)C[C@H](C2CC2)O1. The van der Waals surface area contributed by atoms with Gasteiger partial charge in [0.05, 0.1) is 19.3 Å². The molecular formula is C22H30N2O2. The predicted molar refractivity (Wildman–Crippen MR) is 106 cm³/mol. The molecule has 1 saturated heterocycles. The molecule has 0 amide bonds. The molecule has 2 aromatic rings. The van der Waals surface area contributed by atoms with E-state index in [1.807, 2.05) is 12.1 Å². The van der Waals surface area contributed by atoms with E-state index in [4.69, 9.17) is 14.5 Å². The van der Waals surface area contributed by atoms with Gasteiger partial charge in [-0.1, -0.05) is 31.9 Å². The first-order chi connectivity index (χ1) is 12.7. The zero-order valence-corrected chi connectivity index (χ0v) is 16.2. The summed E-state index contributed by atoms with van der Waals surface area (Å²) < 4.78 is 12.0. The fraction of sp³-hybridized carbons (Fsp3) is 0.591. The number of methoxy groups -OCH3 is 1. The molecule has 1 aliphatic heterocycles. The lowest BCUT2D eigenvalue weighted by atomic mass is 10.1. The van der Waals surface area contributed by atoms with Gasteiger partial charge in [-0.25, -0.2) is 4.98 Å². The van der Waals surface area contributed by atoms with Crippen molar-refractivity contribution in [3.63, 3.8) is 0 Å². The van der Waals surface area contributed by atoms with Crippen LogP contribution in [0.5, 0.6) is 5.75 Å². The minimum atomic E-state index is 0.324. The van der Waals surface area contributed by atoms with E-state index >= 15 is 0 Å². The molecular weight excluding hydrogens is 324 g/mol. The molecule has 26 heavy (non-hydrogen) atoms. The van der Waals surface area contributed by atoms with Crippen LogP contribution in [0.2, 0.25) is 0 Å². The maximum atomic E-state index is 6.43. The average Bonchev–Trinajstić information content (AvgIpc) is 3.51. The molecule has 140 valence electrons. The van der Waals surface area contributed by atoms with Crippen molar-refractivity contribution in [1.29, 1.82) is 0 Å². The fourth-order valence-corrected chi connectivity index (χ4v) is 4.08. The van der Waals surface area contributed by atoms with Crippen molar-refractivity contribution < 1.29 is 9.47 Å². The number of morpholine rings is 1. The van der Waals surface area contributed by atoms with E-state index in [9.17, 15) is 0 Å². The maximum Gasteiger partial charge on any atom is 0.145 e. The summed E-state index contributed by atoms with van der Waals surface area (Å²) in [6, 6.07) is 8.39. The highest BCUT2D eigenvalue weighted by Crippen LogP contribution is 2.38. The Balaban J connectivity index is 1.66. The minimum absolute atomic E-state index is 0.324. The van der Waals surface area contributed by atoms with E-state index in [1.54, 1.807) is 7.11 Å². The van der Waals surface area contributed by atoms with Crippen LogP contribution >= 0.6 is 0 Å². The lowest BCUT2D eigenvalue weighted by molar-refractivity contribution is -0.0411. The third-order valence-electron chi connectivity index (χ3n) is 5.76. The second-order valence-electron chi connectivity index (χ2n) is 7.83. The summed E-state index contributed by atoms with van der Waals surface area (Å²) in [4.78, 5) is 7.45. The number of pyridine rings is 1. The molecule has 4 rings (SSSR count). The summed E-state index contributed by atoms with van der Waals surface area (Å²) in [5.41, 5.74) is 2.22. The topological polar surface area (TPSA) is 34.6 Å². The standard InChI is InChI=1S/C22H30N2O2/c1-4-5-7-17-13-24(14-20(26-17)16-10-11-16)21-12-15(2)18-8-6-9-19(25-3)22(18)23-21/h6,8-9,12,16-17,20H,4-5,7,10-11,13-14H2,1-3H3/t17-,20-/m1/s1. The van der Waals surface area contributed by atoms with E-state index in [2.05, 4.69) is 30.9 Å². The number of hydrogen-bond donors (Lipinski definition) is 0. The van der Waals surface area contributed by atoms with Crippen LogP contribution in [-0.2, 0) is 4.74 Å². The Morgan fingerprint density at radius 1 is 1.27 bits per heavy atom. The van der Waals surface area contributed by atoms with Crippen LogP contribution in [0.1, 0.15) is 44.6 Å². The maximum absolute atomic E-state index is 6.43. The van der Waals surface area contributed by atoms with Crippen molar-refractivity contribution in [2.75, 3.05) is 25.1 Å². The van der Waals surface area contributed by atoms with Crippen LogP contribution in [-0.4, -0.2) is 37.4 Å². The van der Waals surface area contributed by atoms with Crippen LogP contribution in [0.15, 0.2) is 24.3 Å². The Morgan fingerprint density at radius 3 is 2.85 bits per heavy atom. The molecule has 1 saturated carbocycles. The third-order valence-corrected chi connectivity index (χ3v) is 5.76. The van der Waals surface area contributed by atoms with Crippen LogP contribution in [0.3, 0.4) is 0 Å². The van der Waals surface area contributed by atoms with Crippen molar-refractivity contribution in [1.82, 2.24) is 4.98 Å². The molecule has 0 radical (unpaired) electrons. The predicted octanol–water partition coefficient (Wildman–Crippen LogP) is 4.73. The Hall–Kier alpha value is -1.81. The lowest BCUT2D eigenvalue weighted by Crippen LogP contribution is -2.49. The average molecular weight is 354 g/mol. The molecule has 2 aliphatic rings. The molecule has 0 bridgehead atoms. The number of unbranched alkanes of at least 4 members (excludes halogenated alkanes) is 1. The van der Waals surface area contributed by atoms with Crippen molar-refractivity contribution in [2.24, 2.45) is 5.92 Å². The quantitative estimate of drug-likeness (QED) is 0.751. The Morgan fingerprint density at radius 2 is 2.12 bits per heavy atom. The molecule has 1 aliphatic carbocycles. The summed E-state index contributed by atoms with van der Waals surface area (Å²) in [6.07, 6.45) is 6.91. The van der Waals surface area contributed by atoms with E-state index in [0.717, 1.165) is 42.5 Å². The number of aromatic nitrogens is 1. The van der Waals surface area contributed by atoms with E-state index in [1.165, 1.54) is 36.6 Å². The van der Waals surface area contributed by atoms with Gasteiger partial charge in [0.2, 0.25) is 0 Å². The molecule has 2 fully saturated rings. The van der Waals surface area contributed by atoms with Gasteiger partial charge in [-0.2, -0.15) is 0 Å². The van der Waals surface area contributed by atoms with Crippen LogP contribution in [0.25, 0.3) is 10.9 Å². The molecule has 2 atom stereocenters. The minimum Gasteiger partial charge on any atom is -0.494 e. The second-order valence-corrected chi connectivity index (χ2v) is 7.83. The van der Waals surface area contributed by atoms with Gasteiger partial charge in [0.25, 0.3) is 0 Å². The fourth-order valence-electron chi connectivity index (χ4n) is 4.08. The largest absolute Gasteiger partial charge is 0.494 e. The molecule has 4 nitrogen and oxygen atoms in total. The third kappa shape index (κ3) is 3.52. The highest BCUT2D eigenvalue weighted by atomic mass is 16.5. The van der Waals surface area contributed by atoms with Gasteiger partial charge in [-0.3, -0.25) is 0 Å². The summed E-state index contributed by atoms with van der Waals surface area (Å²) in [7, 11) is 1.72. The van der Waals surface area contributed by atoms with Gasteiger partial charge in [0, 0.05) is 18.5 Å². The molecule has 0 spiro atoms. The first-order valence-corrected chi connectivity index (χ1v) is 10.0. The molecule has 1 aromatic heterocycles. The Kier molecular flexibility index (Phi) is 5.03. The number of aryl methyl sites for hydroxylation is 1. The van der Waals surface area contributed by atoms with Gasteiger partial charge in [0.15, 0.2) is 0 Å². The van der Waals surface area contributed by atoms with Crippen molar-refractivity contribution in [3.05, 3.63) is 29.8 Å². The summed E-state index contributed by atoms with van der Waals surface area (Å²) in [5.74, 6) is 2.66. The number of ether oxygens (including phenoxy) is 2.